The van der Waals surface area contributed by atoms with Gasteiger partial charge in [0.15, 0.2) is 0 Å². The summed E-state index contributed by atoms with van der Waals surface area (Å²) in [5.74, 6) is 1.62. The van der Waals surface area contributed by atoms with E-state index in [2.05, 4.69) is 23.5 Å². The summed E-state index contributed by atoms with van der Waals surface area (Å²) in [5.41, 5.74) is 3.60. The summed E-state index contributed by atoms with van der Waals surface area (Å²) in [4.78, 5) is 0.441. The Morgan fingerprint density at radius 1 is 1.06 bits per heavy atom. The molecular formula is C26H30N2O3S. The van der Waals surface area contributed by atoms with Crippen LogP contribution in [0.3, 0.4) is 0 Å². The Bertz CT molecular complexity index is 1220. The fourth-order valence-electron chi connectivity index (χ4n) is 5.20. The van der Waals surface area contributed by atoms with Crippen molar-refractivity contribution in [3.8, 4) is 5.75 Å². The van der Waals surface area contributed by atoms with Crippen molar-refractivity contribution in [2.45, 2.75) is 37.0 Å². The average molecular weight is 451 g/mol. The Kier molecular flexibility index (Phi) is 5.82. The molecule has 1 aliphatic heterocycles. The van der Waals surface area contributed by atoms with Crippen LogP contribution in [0, 0.1) is 5.92 Å². The molecule has 0 aromatic heterocycles. The first-order chi connectivity index (χ1) is 15.6. The first kappa shape index (κ1) is 21.3. The van der Waals surface area contributed by atoms with Gasteiger partial charge in [0.05, 0.1) is 17.7 Å². The van der Waals surface area contributed by atoms with Gasteiger partial charge in [-0.15, -0.1) is 0 Å². The lowest BCUT2D eigenvalue weighted by atomic mass is 9.83. The molecule has 3 aromatic carbocycles. The van der Waals surface area contributed by atoms with Gasteiger partial charge in [-0.05, 0) is 85.8 Å². The molecular weight excluding hydrogens is 420 g/mol. The number of unbranched alkanes of at least 4 members (excludes halogenated alkanes) is 1. The van der Waals surface area contributed by atoms with E-state index < -0.39 is 10.0 Å². The van der Waals surface area contributed by atoms with Gasteiger partial charge in [0.25, 0.3) is 10.0 Å². The first-order valence-corrected chi connectivity index (χ1v) is 12.9. The van der Waals surface area contributed by atoms with E-state index in [4.69, 9.17) is 4.74 Å². The second kappa shape index (κ2) is 8.75. The Morgan fingerprint density at radius 2 is 1.88 bits per heavy atom. The molecule has 0 saturated heterocycles. The van der Waals surface area contributed by atoms with E-state index in [1.165, 1.54) is 17.5 Å². The molecule has 6 heteroatoms. The van der Waals surface area contributed by atoms with Crippen LogP contribution in [0.4, 0.5) is 5.69 Å². The predicted octanol–water partition coefficient (Wildman–Crippen LogP) is 4.53. The zero-order valence-electron chi connectivity index (χ0n) is 18.5. The number of nitrogens with one attached hydrogen (secondary N) is 1. The number of aryl methyl sites for hydroxylation is 1. The van der Waals surface area contributed by atoms with Crippen LogP contribution in [-0.4, -0.2) is 35.2 Å². The largest absolute Gasteiger partial charge is 0.496 e. The van der Waals surface area contributed by atoms with Gasteiger partial charge in [-0.2, -0.15) is 0 Å². The molecule has 0 spiro atoms. The van der Waals surface area contributed by atoms with E-state index in [1.807, 2.05) is 30.3 Å². The highest BCUT2D eigenvalue weighted by molar-refractivity contribution is 7.93. The molecule has 3 aromatic rings. The fourth-order valence-corrected chi connectivity index (χ4v) is 6.95. The molecule has 0 fully saturated rings. The Labute approximate surface area is 190 Å². The van der Waals surface area contributed by atoms with Gasteiger partial charge in [-0.25, -0.2) is 8.42 Å². The summed E-state index contributed by atoms with van der Waals surface area (Å²) in [6, 6.07) is 17.7. The molecule has 2 aliphatic rings. The molecule has 32 heavy (non-hydrogen) atoms. The third kappa shape index (κ3) is 3.76. The second-order valence-electron chi connectivity index (χ2n) is 8.83. The first-order valence-electron chi connectivity index (χ1n) is 11.5. The SMILES string of the molecule is COc1cccc2c1CC(CNCCCCN1c3cccc4cccc(c34)S1(=O)=O)CC2. The number of ether oxygens (including phenoxy) is 1. The van der Waals surface area contributed by atoms with Crippen LogP contribution in [0.1, 0.15) is 30.4 Å². The molecule has 168 valence electrons. The predicted molar refractivity (Wildman–Crippen MR) is 129 cm³/mol. The monoisotopic (exact) mass is 450 g/mol. The van der Waals surface area contributed by atoms with Gasteiger partial charge in [-0.3, -0.25) is 4.31 Å². The van der Waals surface area contributed by atoms with Crippen molar-refractivity contribution in [1.29, 1.82) is 0 Å². The van der Waals surface area contributed by atoms with Crippen molar-refractivity contribution in [2.24, 2.45) is 5.92 Å². The highest BCUT2D eigenvalue weighted by Crippen LogP contribution is 2.42. The minimum atomic E-state index is -3.44. The maximum absolute atomic E-state index is 13.0. The number of anilines is 1. The van der Waals surface area contributed by atoms with Gasteiger partial charge < -0.3 is 10.1 Å². The van der Waals surface area contributed by atoms with Crippen LogP contribution < -0.4 is 14.4 Å². The zero-order valence-corrected chi connectivity index (χ0v) is 19.3. The van der Waals surface area contributed by atoms with Gasteiger partial charge in [0.1, 0.15) is 5.75 Å². The standard InChI is InChI=1S/C26H30N2O3S/c1-31-24-11-5-7-20-14-13-19(17-22(20)24)18-27-15-2-3-16-28-23-10-4-8-21-9-6-12-25(26(21)23)32(28,29)30/h4-12,19,27H,2-3,13-18H2,1H3. The van der Waals surface area contributed by atoms with E-state index in [1.54, 1.807) is 17.5 Å². The molecule has 0 radical (unpaired) electrons. The van der Waals surface area contributed by atoms with Crippen molar-refractivity contribution in [2.75, 3.05) is 31.0 Å². The van der Waals surface area contributed by atoms with E-state index in [-0.39, 0.29) is 0 Å². The zero-order chi connectivity index (χ0) is 22.1. The maximum Gasteiger partial charge on any atom is 0.265 e. The number of sulfonamides is 1. The van der Waals surface area contributed by atoms with E-state index in [0.717, 1.165) is 61.0 Å². The minimum absolute atomic E-state index is 0.441. The van der Waals surface area contributed by atoms with E-state index in [9.17, 15) is 8.42 Å². The summed E-state index contributed by atoms with van der Waals surface area (Å²) < 4.78 is 33.2. The quantitative estimate of drug-likeness (QED) is 0.512. The van der Waals surface area contributed by atoms with Crippen molar-refractivity contribution in [1.82, 2.24) is 5.32 Å². The molecule has 1 N–H and O–H groups in total. The third-order valence-corrected chi connectivity index (χ3v) is 8.70. The number of benzene rings is 3. The van der Waals surface area contributed by atoms with Crippen molar-refractivity contribution < 1.29 is 13.2 Å². The molecule has 1 unspecified atom stereocenters. The number of rotatable bonds is 8. The highest BCUT2D eigenvalue weighted by Gasteiger charge is 2.34. The normalized spacial score (nSPS) is 18.7. The van der Waals surface area contributed by atoms with E-state index in [0.29, 0.717) is 17.4 Å². The summed E-state index contributed by atoms with van der Waals surface area (Å²) in [5, 5.41) is 5.44. The number of methoxy groups -OCH3 is 1. The lowest BCUT2D eigenvalue weighted by Gasteiger charge is -2.26. The number of hydrogen-bond acceptors (Lipinski definition) is 4. The summed E-state index contributed by atoms with van der Waals surface area (Å²) in [6.07, 6.45) is 5.14. The molecule has 0 saturated carbocycles. The molecule has 0 bridgehead atoms. The highest BCUT2D eigenvalue weighted by atomic mass is 32.2. The van der Waals surface area contributed by atoms with Crippen LogP contribution in [0.2, 0.25) is 0 Å². The molecule has 1 aliphatic carbocycles. The van der Waals surface area contributed by atoms with Crippen LogP contribution in [-0.2, 0) is 22.9 Å². The number of nitrogens with zero attached hydrogens (tertiary/aromatic N) is 1. The van der Waals surface area contributed by atoms with Crippen LogP contribution >= 0.6 is 0 Å². The third-order valence-electron chi connectivity index (χ3n) is 6.84. The van der Waals surface area contributed by atoms with Gasteiger partial charge >= 0.3 is 0 Å². The lowest BCUT2D eigenvalue weighted by molar-refractivity contribution is 0.383. The molecule has 0 amide bonds. The fraction of sp³-hybridized carbons (Fsp3) is 0.385. The summed E-state index contributed by atoms with van der Waals surface area (Å²) >= 11 is 0. The van der Waals surface area contributed by atoms with E-state index >= 15 is 0 Å². The minimum Gasteiger partial charge on any atom is -0.496 e. The molecule has 5 nitrogen and oxygen atoms in total. The van der Waals surface area contributed by atoms with Crippen molar-refractivity contribution in [3.63, 3.8) is 0 Å². The Morgan fingerprint density at radius 3 is 2.72 bits per heavy atom. The average Bonchev–Trinajstić information content (AvgIpc) is 3.03. The molecule has 1 heterocycles. The Balaban J connectivity index is 1.12. The number of hydrogen-bond donors (Lipinski definition) is 1. The Hall–Kier alpha value is -2.57. The van der Waals surface area contributed by atoms with Gasteiger partial charge in [0.2, 0.25) is 0 Å². The summed E-state index contributed by atoms with van der Waals surface area (Å²) in [6.45, 7) is 2.41. The number of fused-ring (bicyclic) bond motifs is 1. The lowest BCUT2D eigenvalue weighted by Crippen LogP contribution is -2.30. The van der Waals surface area contributed by atoms with Gasteiger partial charge in [0, 0.05) is 11.9 Å². The van der Waals surface area contributed by atoms with Crippen LogP contribution in [0.25, 0.3) is 10.8 Å². The summed E-state index contributed by atoms with van der Waals surface area (Å²) in [7, 11) is -1.70. The van der Waals surface area contributed by atoms with Crippen LogP contribution in [0.15, 0.2) is 59.5 Å². The molecule has 5 rings (SSSR count). The van der Waals surface area contributed by atoms with Crippen molar-refractivity contribution in [3.05, 3.63) is 65.7 Å². The topological polar surface area (TPSA) is 58.6 Å². The molecule has 1 atom stereocenters. The maximum atomic E-state index is 13.0. The van der Waals surface area contributed by atoms with Crippen molar-refractivity contribution >= 4 is 26.5 Å². The van der Waals surface area contributed by atoms with Crippen LogP contribution in [0.5, 0.6) is 5.75 Å². The second-order valence-corrected chi connectivity index (χ2v) is 10.7. The van der Waals surface area contributed by atoms with Gasteiger partial charge in [-0.1, -0.05) is 36.4 Å². The smallest absolute Gasteiger partial charge is 0.265 e.